The molecule has 0 amide bonds. The lowest BCUT2D eigenvalue weighted by atomic mass is 9.98. The maximum absolute atomic E-state index is 5.70. The SMILES string of the molecule is NCC1(c2ccc(Br)nc2)CC1. The van der Waals surface area contributed by atoms with Crippen LogP contribution in [0.3, 0.4) is 0 Å². The van der Waals surface area contributed by atoms with Crippen molar-refractivity contribution >= 4 is 15.9 Å². The number of pyridine rings is 1. The summed E-state index contributed by atoms with van der Waals surface area (Å²) in [6, 6.07) is 4.09. The van der Waals surface area contributed by atoms with Gasteiger partial charge in [0.15, 0.2) is 0 Å². The minimum atomic E-state index is 0.272. The minimum absolute atomic E-state index is 0.272. The van der Waals surface area contributed by atoms with E-state index in [1.165, 1.54) is 18.4 Å². The summed E-state index contributed by atoms with van der Waals surface area (Å²) in [6.07, 6.45) is 4.35. The van der Waals surface area contributed by atoms with E-state index in [4.69, 9.17) is 5.73 Å². The summed E-state index contributed by atoms with van der Waals surface area (Å²) >= 11 is 3.31. The highest BCUT2D eigenvalue weighted by atomic mass is 79.9. The Morgan fingerprint density at radius 2 is 2.25 bits per heavy atom. The predicted octanol–water partition coefficient (Wildman–Crippen LogP) is 1.83. The predicted molar refractivity (Wildman–Crippen MR) is 51.9 cm³/mol. The Kier molecular flexibility index (Phi) is 1.93. The zero-order chi connectivity index (χ0) is 8.60. The van der Waals surface area contributed by atoms with E-state index in [1.807, 2.05) is 12.3 Å². The molecule has 1 heterocycles. The Hall–Kier alpha value is -0.410. The summed E-state index contributed by atoms with van der Waals surface area (Å²) < 4.78 is 0.888. The average molecular weight is 227 g/mol. The van der Waals surface area contributed by atoms with Crippen LogP contribution in [0.25, 0.3) is 0 Å². The van der Waals surface area contributed by atoms with E-state index in [0.29, 0.717) is 0 Å². The van der Waals surface area contributed by atoms with E-state index in [9.17, 15) is 0 Å². The van der Waals surface area contributed by atoms with Gasteiger partial charge in [0.1, 0.15) is 4.60 Å². The van der Waals surface area contributed by atoms with Gasteiger partial charge in [-0.2, -0.15) is 0 Å². The fraction of sp³-hybridized carbons (Fsp3) is 0.444. The summed E-state index contributed by atoms with van der Waals surface area (Å²) in [6.45, 7) is 0.746. The first-order valence-electron chi connectivity index (χ1n) is 4.09. The first-order valence-corrected chi connectivity index (χ1v) is 4.88. The van der Waals surface area contributed by atoms with Crippen LogP contribution < -0.4 is 5.73 Å². The van der Waals surface area contributed by atoms with Crippen LogP contribution in [0.4, 0.5) is 0 Å². The van der Waals surface area contributed by atoms with Gasteiger partial charge in [-0.05, 0) is 40.4 Å². The van der Waals surface area contributed by atoms with E-state index in [1.54, 1.807) is 0 Å². The van der Waals surface area contributed by atoms with Crippen molar-refractivity contribution in [1.82, 2.24) is 4.98 Å². The highest BCUT2D eigenvalue weighted by Gasteiger charge is 2.42. The van der Waals surface area contributed by atoms with E-state index in [0.717, 1.165) is 11.1 Å². The van der Waals surface area contributed by atoms with Gasteiger partial charge in [-0.25, -0.2) is 4.98 Å². The molecule has 2 N–H and O–H groups in total. The van der Waals surface area contributed by atoms with Crippen LogP contribution >= 0.6 is 15.9 Å². The minimum Gasteiger partial charge on any atom is -0.330 e. The van der Waals surface area contributed by atoms with Crippen molar-refractivity contribution in [1.29, 1.82) is 0 Å². The van der Waals surface area contributed by atoms with Gasteiger partial charge in [-0.3, -0.25) is 0 Å². The number of hydrogen-bond donors (Lipinski definition) is 1. The molecule has 1 aliphatic rings. The molecule has 0 saturated heterocycles. The Labute approximate surface area is 80.3 Å². The molecule has 1 fully saturated rings. The van der Waals surface area contributed by atoms with E-state index < -0.39 is 0 Å². The zero-order valence-electron chi connectivity index (χ0n) is 6.76. The first kappa shape index (κ1) is 8.20. The standard InChI is InChI=1S/C9H11BrN2/c10-8-2-1-7(5-12-8)9(6-11)3-4-9/h1-2,5H,3-4,6,11H2. The molecule has 0 atom stereocenters. The van der Waals surface area contributed by atoms with Gasteiger partial charge in [0.05, 0.1) is 0 Å². The molecule has 0 radical (unpaired) electrons. The summed E-state index contributed by atoms with van der Waals surface area (Å²) in [5.41, 5.74) is 7.26. The van der Waals surface area contributed by atoms with Gasteiger partial charge >= 0.3 is 0 Å². The van der Waals surface area contributed by atoms with Gasteiger partial charge in [0.2, 0.25) is 0 Å². The summed E-state index contributed by atoms with van der Waals surface area (Å²) in [5.74, 6) is 0. The molecule has 64 valence electrons. The fourth-order valence-electron chi connectivity index (χ4n) is 1.45. The Bertz CT molecular complexity index is 277. The lowest BCUT2D eigenvalue weighted by Crippen LogP contribution is -2.19. The Balaban J connectivity index is 2.29. The molecule has 2 nitrogen and oxygen atoms in total. The van der Waals surface area contributed by atoms with E-state index >= 15 is 0 Å². The third kappa shape index (κ3) is 1.27. The van der Waals surface area contributed by atoms with E-state index in [2.05, 4.69) is 27.0 Å². The topological polar surface area (TPSA) is 38.9 Å². The molecule has 0 aromatic carbocycles. The Morgan fingerprint density at radius 1 is 1.50 bits per heavy atom. The van der Waals surface area contributed by atoms with Crippen molar-refractivity contribution in [2.24, 2.45) is 5.73 Å². The highest BCUT2D eigenvalue weighted by molar-refractivity contribution is 9.10. The molecule has 0 aliphatic heterocycles. The zero-order valence-corrected chi connectivity index (χ0v) is 8.34. The second-order valence-corrected chi connectivity index (χ2v) is 4.17. The third-order valence-electron chi connectivity index (χ3n) is 2.58. The van der Waals surface area contributed by atoms with Crippen LogP contribution in [0.5, 0.6) is 0 Å². The fourth-order valence-corrected chi connectivity index (χ4v) is 1.69. The van der Waals surface area contributed by atoms with Crippen LogP contribution in [0.2, 0.25) is 0 Å². The number of nitrogens with two attached hydrogens (primary N) is 1. The smallest absolute Gasteiger partial charge is 0.106 e. The van der Waals surface area contributed by atoms with Crippen molar-refractivity contribution in [3.05, 3.63) is 28.5 Å². The van der Waals surface area contributed by atoms with Gasteiger partial charge in [0, 0.05) is 18.2 Å². The number of aromatic nitrogens is 1. The highest BCUT2D eigenvalue weighted by Crippen LogP contribution is 2.46. The maximum Gasteiger partial charge on any atom is 0.106 e. The number of halogens is 1. The number of nitrogens with zero attached hydrogens (tertiary/aromatic N) is 1. The maximum atomic E-state index is 5.70. The monoisotopic (exact) mass is 226 g/mol. The molecule has 1 saturated carbocycles. The van der Waals surface area contributed by atoms with Crippen molar-refractivity contribution in [2.75, 3.05) is 6.54 Å². The lowest BCUT2D eigenvalue weighted by Gasteiger charge is -2.11. The molecule has 3 heteroatoms. The summed E-state index contributed by atoms with van der Waals surface area (Å²) in [5, 5.41) is 0. The molecule has 0 spiro atoms. The van der Waals surface area contributed by atoms with Crippen LogP contribution in [0.15, 0.2) is 22.9 Å². The number of hydrogen-bond acceptors (Lipinski definition) is 2. The van der Waals surface area contributed by atoms with Gasteiger partial charge in [-0.1, -0.05) is 6.07 Å². The molecule has 1 aromatic heterocycles. The summed E-state index contributed by atoms with van der Waals surface area (Å²) in [7, 11) is 0. The molecule has 2 rings (SSSR count). The second-order valence-electron chi connectivity index (χ2n) is 3.35. The molecule has 1 aromatic rings. The summed E-state index contributed by atoms with van der Waals surface area (Å²) in [4.78, 5) is 4.19. The molecule has 0 bridgehead atoms. The van der Waals surface area contributed by atoms with Gasteiger partial charge in [0.25, 0.3) is 0 Å². The van der Waals surface area contributed by atoms with Crippen LogP contribution in [-0.4, -0.2) is 11.5 Å². The molecule has 0 unspecified atom stereocenters. The first-order chi connectivity index (χ1) is 5.77. The van der Waals surface area contributed by atoms with Crippen LogP contribution in [-0.2, 0) is 5.41 Å². The Morgan fingerprint density at radius 3 is 2.67 bits per heavy atom. The van der Waals surface area contributed by atoms with Gasteiger partial charge < -0.3 is 5.73 Å². The van der Waals surface area contributed by atoms with Crippen molar-refractivity contribution in [3.63, 3.8) is 0 Å². The molecular formula is C9H11BrN2. The lowest BCUT2D eigenvalue weighted by molar-refractivity contribution is 0.700. The average Bonchev–Trinajstić information content (AvgIpc) is 2.86. The third-order valence-corrected chi connectivity index (χ3v) is 3.05. The van der Waals surface area contributed by atoms with Crippen LogP contribution in [0, 0.1) is 0 Å². The number of rotatable bonds is 2. The quantitative estimate of drug-likeness (QED) is 0.783. The van der Waals surface area contributed by atoms with Crippen molar-refractivity contribution in [3.8, 4) is 0 Å². The molecule has 12 heavy (non-hydrogen) atoms. The van der Waals surface area contributed by atoms with Gasteiger partial charge in [-0.15, -0.1) is 0 Å². The molecular weight excluding hydrogens is 216 g/mol. The normalized spacial score (nSPS) is 19.2. The van der Waals surface area contributed by atoms with Crippen molar-refractivity contribution < 1.29 is 0 Å². The second kappa shape index (κ2) is 2.82. The van der Waals surface area contributed by atoms with Crippen LogP contribution in [0.1, 0.15) is 18.4 Å². The molecule has 1 aliphatic carbocycles. The van der Waals surface area contributed by atoms with Crippen molar-refractivity contribution in [2.45, 2.75) is 18.3 Å². The van der Waals surface area contributed by atoms with E-state index in [-0.39, 0.29) is 5.41 Å². The largest absolute Gasteiger partial charge is 0.330 e.